The molecule has 19 heavy (non-hydrogen) atoms. The zero-order chi connectivity index (χ0) is 13.7. The van der Waals surface area contributed by atoms with Gasteiger partial charge in [-0.3, -0.25) is 0 Å². The van der Waals surface area contributed by atoms with Crippen molar-refractivity contribution in [2.45, 2.75) is 38.6 Å². The lowest BCUT2D eigenvalue weighted by atomic mass is 9.85. The molecule has 106 valence electrons. The van der Waals surface area contributed by atoms with E-state index in [1.165, 1.54) is 0 Å². The topological polar surface area (TPSA) is 80.2 Å². The Labute approximate surface area is 117 Å². The highest BCUT2D eigenvalue weighted by molar-refractivity contribution is 6.28. The predicted octanol–water partition coefficient (Wildman–Crippen LogP) is 1.89. The van der Waals surface area contributed by atoms with Crippen LogP contribution in [0.3, 0.4) is 0 Å². The van der Waals surface area contributed by atoms with Crippen LogP contribution in [0.15, 0.2) is 0 Å². The Morgan fingerprint density at radius 1 is 1.32 bits per heavy atom. The van der Waals surface area contributed by atoms with E-state index in [4.69, 9.17) is 16.3 Å². The van der Waals surface area contributed by atoms with Gasteiger partial charge in [-0.2, -0.15) is 15.0 Å². The molecule has 1 aromatic rings. The number of aliphatic hydroxyl groups is 1. The van der Waals surface area contributed by atoms with Crippen molar-refractivity contribution in [2.24, 2.45) is 5.92 Å². The zero-order valence-corrected chi connectivity index (χ0v) is 11.7. The molecule has 0 aliphatic heterocycles. The Kier molecular flexibility index (Phi) is 5.15. The number of anilines is 1. The van der Waals surface area contributed by atoms with Gasteiger partial charge in [-0.1, -0.05) is 12.8 Å². The van der Waals surface area contributed by atoms with Gasteiger partial charge >= 0.3 is 6.01 Å². The van der Waals surface area contributed by atoms with Crippen LogP contribution in [0, 0.1) is 5.92 Å². The fraction of sp³-hybridized carbons (Fsp3) is 0.750. The third kappa shape index (κ3) is 3.91. The molecule has 1 fully saturated rings. The van der Waals surface area contributed by atoms with E-state index in [1.54, 1.807) is 0 Å². The highest BCUT2D eigenvalue weighted by Gasteiger charge is 2.25. The summed E-state index contributed by atoms with van der Waals surface area (Å²) in [5.74, 6) is 0.647. The van der Waals surface area contributed by atoms with Gasteiger partial charge in [0.15, 0.2) is 0 Å². The molecule has 7 heteroatoms. The number of aliphatic hydroxyl groups excluding tert-OH is 1. The quantitative estimate of drug-likeness (QED) is 0.860. The molecular formula is C12H19ClN4O2. The standard InChI is InChI=1S/C12H19ClN4O2/c1-2-19-12-16-10(13)15-11(17-12)14-9-6-4-3-5-8(9)7-18/h8-9,18H,2-7H2,1H3,(H,14,15,16,17). The predicted molar refractivity (Wildman–Crippen MR) is 72.5 cm³/mol. The number of nitrogens with zero attached hydrogens (tertiary/aromatic N) is 3. The Hall–Kier alpha value is -1.14. The summed E-state index contributed by atoms with van der Waals surface area (Å²) in [5, 5.41) is 12.7. The van der Waals surface area contributed by atoms with Gasteiger partial charge in [0.1, 0.15) is 0 Å². The lowest BCUT2D eigenvalue weighted by molar-refractivity contribution is 0.177. The molecule has 0 radical (unpaired) electrons. The van der Waals surface area contributed by atoms with Gasteiger partial charge in [-0.15, -0.1) is 0 Å². The van der Waals surface area contributed by atoms with Crippen LogP contribution in [0.2, 0.25) is 5.28 Å². The minimum atomic E-state index is 0.109. The average molecular weight is 287 g/mol. The van der Waals surface area contributed by atoms with Crippen LogP contribution < -0.4 is 10.1 Å². The van der Waals surface area contributed by atoms with Gasteiger partial charge in [0.2, 0.25) is 11.2 Å². The SMILES string of the molecule is CCOc1nc(Cl)nc(NC2CCCCC2CO)n1. The van der Waals surface area contributed by atoms with Crippen LogP contribution in [0.5, 0.6) is 6.01 Å². The Bertz CT molecular complexity index is 419. The molecule has 0 amide bonds. The minimum Gasteiger partial charge on any atom is -0.464 e. The molecule has 0 spiro atoms. The molecule has 1 heterocycles. The summed E-state index contributed by atoms with van der Waals surface area (Å²) in [5.41, 5.74) is 0. The molecule has 1 aliphatic carbocycles. The van der Waals surface area contributed by atoms with Crippen molar-refractivity contribution in [3.8, 4) is 6.01 Å². The molecule has 2 atom stereocenters. The van der Waals surface area contributed by atoms with E-state index >= 15 is 0 Å². The third-order valence-corrected chi connectivity index (χ3v) is 3.49. The molecule has 2 unspecified atom stereocenters. The van der Waals surface area contributed by atoms with E-state index in [1.807, 2.05) is 6.92 Å². The number of aromatic nitrogens is 3. The number of halogens is 1. The first-order valence-electron chi connectivity index (χ1n) is 6.64. The molecule has 1 aliphatic rings. The zero-order valence-electron chi connectivity index (χ0n) is 11.0. The first kappa shape index (κ1) is 14.3. The Morgan fingerprint density at radius 3 is 2.84 bits per heavy atom. The van der Waals surface area contributed by atoms with Gasteiger partial charge in [0.25, 0.3) is 0 Å². The fourth-order valence-electron chi connectivity index (χ4n) is 2.37. The molecule has 1 aromatic heterocycles. The highest BCUT2D eigenvalue weighted by atomic mass is 35.5. The molecular weight excluding hydrogens is 268 g/mol. The molecule has 2 N–H and O–H groups in total. The summed E-state index contributed by atoms with van der Waals surface area (Å²) >= 11 is 5.84. The van der Waals surface area contributed by atoms with Gasteiger partial charge in [-0.05, 0) is 31.4 Å². The maximum absolute atomic E-state index is 9.39. The van der Waals surface area contributed by atoms with Crippen LogP contribution >= 0.6 is 11.6 Å². The largest absolute Gasteiger partial charge is 0.464 e. The van der Waals surface area contributed by atoms with Crippen molar-refractivity contribution in [2.75, 3.05) is 18.5 Å². The van der Waals surface area contributed by atoms with Crippen LogP contribution in [0.1, 0.15) is 32.6 Å². The summed E-state index contributed by atoms with van der Waals surface area (Å²) in [6, 6.07) is 0.396. The fourth-order valence-corrected chi connectivity index (χ4v) is 2.52. The second kappa shape index (κ2) is 6.86. The summed E-state index contributed by atoms with van der Waals surface area (Å²) in [6.45, 7) is 2.50. The molecule has 0 bridgehead atoms. The first-order chi connectivity index (χ1) is 9.22. The number of nitrogens with one attached hydrogen (secondary N) is 1. The normalized spacial score (nSPS) is 23.1. The lowest BCUT2D eigenvalue weighted by Gasteiger charge is -2.30. The maximum Gasteiger partial charge on any atom is 0.322 e. The average Bonchev–Trinajstić information content (AvgIpc) is 2.39. The number of hydrogen-bond donors (Lipinski definition) is 2. The first-order valence-corrected chi connectivity index (χ1v) is 7.02. The van der Waals surface area contributed by atoms with Gasteiger partial charge in [-0.25, -0.2) is 0 Å². The summed E-state index contributed by atoms with van der Waals surface area (Å²) in [4.78, 5) is 12.1. The molecule has 6 nitrogen and oxygen atoms in total. The second-order valence-corrected chi connectivity index (χ2v) is 4.96. The Morgan fingerprint density at radius 2 is 2.11 bits per heavy atom. The van der Waals surface area contributed by atoms with Crippen molar-refractivity contribution in [1.82, 2.24) is 15.0 Å². The highest BCUT2D eigenvalue weighted by Crippen LogP contribution is 2.26. The number of hydrogen-bond acceptors (Lipinski definition) is 6. The second-order valence-electron chi connectivity index (χ2n) is 4.62. The van der Waals surface area contributed by atoms with E-state index in [2.05, 4.69) is 20.3 Å². The van der Waals surface area contributed by atoms with Crippen molar-refractivity contribution < 1.29 is 9.84 Å². The van der Waals surface area contributed by atoms with Gasteiger partial charge < -0.3 is 15.2 Å². The molecule has 1 saturated carbocycles. The van der Waals surface area contributed by atoms with Crippen molar-refractivity contribution >= 4 is 17.5 Å². The van der Waals surface area contributed by atoms with Crippen molar-refractivity contribution in [1.29, 1.82) is 0 Å². The number of ether oxygens (including phenoxy) is 1. The molecule has 2 rings (SSSR count). The smallest absolute Gasteiger partial charge is 0.322 e. The van der Waals surface area contributed by atoms with Gasteiger partial charge in [0.05, 0.1) is 6.61 Å². The monoisotopic (exact) mass is 286 g/mol. The number of rotatable bonds is 5. The van der Waals surface area contributed by atoms with Crippen LogP contribution in [0.4, 0.5) is 5.95 Å². The van der Waals surface area contributed by atoms with E-state index in [9.17, 15) is 5.11 Å². The summed E-state index contributed by atoms with van der Waals surface area (Å²) in [7, 11) is 0. The van der Waals surface area contributed by atoms with Crippen LogP contribution in [-0.2, 0) is 0 Å². The van der Waals surface area contributed by atoms with Crippen molar-refractivity contribution in [3.05, 3.63) is 5.28 Å². The van der Waals surface area contributed by atoms with Gasteiger partial charge in [0, 0.05) is 18.6 Å². The molecule has 0 saturated heterocycles. The third-order valence-electron chi connectivity index (χ3n) is 3.32. The summed E-state index contributed by atoms with van der Waals surface area (Å²) < 4.78 is 5.23. The van der Waals surface area contributed by atoms with Crippen LogP contribution in [0.25, 0.3) is 0 Å². The maximum atomic E-state index is 9.39. The molecule has 0 aromatic carbocycles. The lowest BCUT2D eigenvalue weighted by Crippen LogP contribution is -2.35. The van der Waals surface area contributed by atoms with Crippen LogP contribution in [-0.4, -0.2) is 39.3 Å². The van der Waals surface area contributed by atoms with E-state index in [0.29, 0.717) is 12.6 Å². The van der Waals surface area contributed by atoms with E-state index in [-0.39, 0.29) is 29.9 Å². The van der Waals surface area contributed by atoms with E-state index in [0.717, 1.165) is 25.7 Å². The van der Waals surface area contributed by atoms with E-state index < -0.39 is 0 Å². The Balaban J connectivity index is 2.08. The minimum absolute atomic E-state index is 0.109. The summed E-state index contributed by atoms with van der Waals surface area (Å²) in [6.07, 6.45) is 4.32. The van der Waals surface area contributed by atoms with Crippen molar-refractivity contribution in [3.63, 3.8) is 0 Å².